The molecule has 0 aliphatic rings. The smallest absolute Gasteiger partial charge is 0.0231 e. The zero-order valence-electron chi connectivity index (χ0n) is 10.5. The van der Waals surface area contributed by atoms with Gasteiger partial charge in [0.25, 0.3) is 0 Å². The molecule has 16 heavy (non-hydrogen) atoms. The first-order valence-electron chi connectivity index (χ1n) is 5.78. The molecule has 90 valence electrons. The highest BCUT2D eigenvalue weighted by molar-refractivity contribution is 7.98. The quantitative estimate of drug-likeness (QED) is 0.580. The molecule has 0 aliphatic carbocycles. The van der Waals surface area contributed by atoms with Gasteiger partial charge in [-0.1, -0.05) is 19.1 Å². The third kappa shape index (κ3) is 5.01. The molecular weight excluding hydrogens is 216 g/mol. The Kier molecular flexibility index (Phi) is 6.53. The van der Waals surface area contributed by atoms with Gasteiger partial charge in [-0.05, 0) is 37.5 Å². The molecule has 1 rings (SSSR count). The van der Waals surface area contributed by atoms with E-state index in [9.17, 15) is 0 Å². The van der Waals surface area contributed by atoms with Crippen LogP contribution < -0.4 is 5.32 Å². The fourth-order valence-corrected chi connectivity index (χ4v) is 1.98. The molecule has 3 heteroatoms. The average molecular weight is 238 g/mol. The van der Waals surface area contributed by atoms with Crippen LogP contribution in [0.3, 0.4) is 0 Å². The zero-order valence-corrected chi connectivity index (χ0v) is 11.3. The van der Waals surface area contributed by atoms with Crippen LogP contribution in [0.15, 0.2) is 29.2 Å². The lowest BCUT2D eigenvalue weighted by Gasteiger charge is -2.16. The number of nitrogens with zero attached hydrogens (tertiary/aromatic N) is 1. The Morgan fingerprint density at radius 3 is 2.50 bits per heavy atom. The molecule has 0 aromatic heterocycles. The van der Waals surface area contributed by atoms with Gasteiger partial charge >= 0.3 is 0 Å². The number of benzene rings is 1. The summed E-state index contributed by atoms with van der Waals surface area (Å²) in [5.74, 6) is 0. The van der Waals surface area contributed by atoms with E-state index in [2.05, 4.69) is 54.7 Å². The molecule has 1 aromatic carbocycles. The van der Waals surface area contributed by atoms with Crippen molar-refractivity contribution in [1.29, 1.82) is 0 Å². The van der Waals surface area contributed by atoms with Crippen molar-refractivity contribution in [2.45, 2.75) is 18.4 Å². The molecule has 2 nitrogen and oxygen atoms in total. The summed E-state index contributed by atoms with van der Waals surface area (Å²) < 4.78 is 0. The van der Waals surface area contributed by atoms with Crippen molar-refractivity contribution in [2.75, 3.05) is 32.9 Å². The third-order valence-electron chi connectivity index (χ3n) is 2.53. The second-order valence-electron chi connectivity index (χ2n) is 3.94. The molecule has 0 spiro atoms. The van der Waals surface area contributed by atoms with Crippen molar-refractivity contribution >= 4 is 11.8 Å². The zero-order chi connectivity index (χ0) is 11.8. The summed E-state index contributed by atoms with van der Waals surface area (Å²) in [6, 6.07) is 8.82. The van der Waals surface area contributed by atoms with Crippen LogP contribution in [0.25, 0.3) is 0 Å². The van der Waals surface area contributed by atoms with Gasteiger partial charge in [-0.3, -0.25) is 0 Å². The normalized spacial score (nSPS) is 11.0. The highest BCUT2D eigenvalue weighted by atomic mass is 32.2. The van der Waals surface area contributed by atoms with Gasteiger partial charge in [0.05, 0.1) is 0 Å². The van der Waals surface area contributed by atoms with Crippen LogP contribution in [0, 0.1) is 0 Å². The Bertz CT molecular complexity index is 284. The van der Waals surface area contributed by atoms with E-state index in [0.717, 1.165) is 26.2 Å². The van der Waals surface area contributed by atoms with E-state index in [1.807, 2.05) is 0 Å². The number of hydrogen-bond donors (Lipinski definition) is 1. The fraction of sp³-hybridized carbons (Fsp3) is 0.538. The lowest BCUT2D eigenvalue weighted by Crippen LogP contribution is -2.28. The Hall–Kier alpha value is -0.510. The second kappa shape index (κ2) is 7.71. The molecular formula is C13H22N2S. The first-order valence-corrected chi connectivity index (χ1v) is 7.01. The topological polar surface area (TPSA) is 15.3 Å². The van der Waals surface area contributed by atoms with Gasteiger partial charge in [-0.2, -0.15) is 0 Å². The molecule has 0 heterocycles. The van der Waals surface area contributed by atoms with Crippen LogP contribution in [0.2, 0.25) is 0 Å². The Morgan fingerprint density at radius 2 is 1.94 bits per heavy atom. The van der Waals surface area contributed by atoms with Crippen LogP contribution in [-0.2, 0) is 6.54 Å². The van der Waals surface area contributed by atoms with Gasteiger partial charge in [0.15, 0.2) is 0 Å². The fourth-order valence-electron chi connectivity index (χ4n) is 1.57. The maximum atomic E-state index is 3.34. The van der Waals surface area contributed by atoms with E-state index >= 15 is 0 Å². The maximum Gasteiger partial charge on any atom is 0.0231 e. The largest absolute Gasteiger partial charge is 0.316 e. The van der Waals surface area contributed by atoms with E-state index in [4.69, 9.17) is 0 Å². The van der Waals surface area contributed by atoms with E-state index in [1.165, 1.54) is 10.5 Å². The average Bonchev–Trinajstić information content (AvgIpc) is 2.30. The van der Waals surface area contributed by atoms with Crippen molar-refractivity contribution in [2.24, 2.45) is 0 Å². The first-order chi connectivity index (χ1) is 7.76. The number of rotatable bonds is 7. The Morgan fingerprint density at radius 1 is 1.25 bits per heavy atom. The SMILES string of the molecule is CCNCCN(C)Cc1ccc(SC)cc1. The summed E-state index contributed by atoms with van der Waals surface area (Å²) in [7, 11) is 2.17. The van der Waals surface area contributed by atoms with Gasteiger partial charge in [0, 0.05) is 24.5 Å². The van der Waals surface area contributed by atoms with Gasteiger partial charge in [-0.25, -0.2) is 0 Å². The van der Waals surface area contributed by atoms with Gasteiger partial charge < -0.3 is 10.2 Å². The van der Waals surface area contributed by atoms with Gasteiger partial charge in [-0.15, -0.1) is 11.8 Å². The molecule has 0 saturated heterocycles. The number of hydrogen-bond acceptors (Lipinski definition) is 3. The molecule has 0 saturated carbocycles. The lowest BCUT2D eigenvalue weighted by atomic mass is 10.2. The molecule has 0 fully saturated rings. The minimum Gasteiger partial charge on any atom is -0.316 e. The molecule has 0 amide bonds. The van der Waals surface area contributed by atoms with Crippen molar-refractivity contribution in [3.8, 4) is 0 Å². The second-order valence-corrected chi connectivity index (χ2v) is 4.82. The van der Waals surface area contributed by atoms with Crippen LogP contribution >= 0.6 is 11.8 Å². The lowest BCUT2D eigenvalue weighted by molar-refractivity contribution is 0.325. The predicted octanol–water partition coefficient (Wildman–Crippen LogP) is 2.45. The predicted molar refractivity (Wildman–Crippen MR) is 73.1 cm³/mol. The molecule has 0 radical (unpaired) electrons. The van der Waals surface area contributed by atoms with Crippen LogP contribution in [0.1, 0.15) is 12.5 Å². The summed E-state index contributed by atoms with van der Waals surface area (Å²) >= 11 is 1.79. The Labute approximate surface area is 103 Å². The number of nitrogens with one attached hydrogen (secondary N) is 1. The molecule has 0 aliphatic heterocycles. The monoisotopic (exact) mass is 238 g/mol. The molecule has 1 N–H and O–H groups in total. The summed E-state index contributed by atoms with van der Waals surface area (Å²) in [6.07, 6.45) is 2.11. The Balaban J connectivity index is 2.34. The number of thioether (sulfide) groups is 1. The maximum absolute atomic E-state index is 3.34. The van der Waals surface area contributed by atoms with E-state index in [1.54, 1.807) is 11.8 Å². The van der Waals surface area contributed by atoms with Crippen LogP contribution in [0.5, 0.6) is 0 Å². The highest BCUT2D eigenvalue weighted by Gasteiger charge is 1.99. The first kappa shape index (κ1) is 13.6. The minimum atomic E-state index is 1.03. The number of likely N-dealkylation sites (N-methyl/N-ethyl adjacent to an activating group) is 2. The molecule has 0 bridgehead atoms. The molecule has 0 atom stereocenters. The van der Waals surface area contributed by atoms with Crippen molar-refractivity contribution in [3.05, 3.63) is 29.8 Å². The van der Waals surface area contributed by atoms with Crippen LogP contribution in [-0.4, -0.2) is 37.8 Å². The van der Waals surface area contributed by atoms with Crippen molar-refractivity contribution in [3.63, 3.8) is 0 Å². The van der Waals surface area contributed by atoms with Crippen molar-refractivity contribution in [1.82, 2.24) is 10.2 Å². The summed E-state index contributed by atoms with van der Waals surface area (Å²) in [4.78, 5) is 3.68. The van der Waals surface area contributed by atoms with Gasteiger partial charge in [0.2, 0.25) is 0 Å². The van der Waals surface area contributed by atoms with E-state index < -0.39 is 0 Å². The van der Waals surface area contributed by atoms with Crippen molar-refractivity contribution < 1.29 is 0 Å². The van der Waals surface area contributed by atoms with Crippen LogP contribution in [0.4, 0.5) is 0 Å². The third-order valence-corrected chi connectivity index (χ3v) is 3.28. The standard InChI is InChI=1S/C13H22N2S/c1-4-14-9-10-15(2)11-12-5-7-13(16-3)8-6-12/h5-8,14H,4,9-11H2,1-3H3. The minimum absolute atomic E-state index is 1.03. The summed E-state index contributed by atoms with van der Waals surface area (Å²) in [6.45, 7) is 6.38. The van der Waals surface area contributed by atoms with E-state index in [-0.39, 0.29) is 0 Å². The summed E-state index contributed by atoms with van der Waals surface area (Å²) in [5.41, 5.74) is 1.39. The molecule has 0 unspecified atom stereocenters. The summed E-state index contributed by atoms with van der Waals surface area (Å²) in [5, 5.41) is 3.34. The van der Waals surface area contributed by atoms with E-state index in [0.29, 0.717) is 0 Å². The van der Waals surface area contributed by atoms with Gasteiger partial charge in [0.1, 0.15) is 0 Å². The molecule has 1 aromatic rings. The highest BCUT2D eigenvalue weighted by Crippen LogP contribution is 2.15.